The molecule has 0 unspecified atom stereocenters. The van der Waals surface area contributed by atoms with Crippen LogP contribution in [-0.2, 0) is 11.3 Å². The van der Waals surface area contributed by atoms with Crippen LogP contribution in [0.4, 0.5) is 4.79 Å². The van der Waals surface area contributed by atoms with E-state index in [1.54, 1.807) is 18.3 Å². The van der Waals surface area contributed by atoms with Crippen LogP contribution in [0.2, 0.25) is 0 Å². The minimum atomic E-state index is -0.869. The number of nitrogens with zero attached hydrogens (tertiary/aromatic N) is 1. The highest BCUT2D eigenvalue weighted by atomic mass is 16.5. The van der Waals surface area contributed by atoms with Crippen molar-refractivity contribution in [3.8, 4) is 5.88 Å². The molecule has 0 radical (unpaired) electrons. The van der Waals surface area contributed by atoms with Crippen LogP contribution in [0, 0.1) is 0 Å². The number of nitrogens with one attached hydrogen (secondary N) is 2. The highest BCUT2D eigenvalue weighted by Crippen LogP contribution is 2.10. The molecule has 0 bridgehead atoms. The van der Waals surface area contributed by atoms with Gasteiger partial charge in [-0.25, -0.2) is 9.78 Å². The smallest absolute Gasteiger partial charge is 0.315 e. The van der Waals surface area contributed by atoms with Gasteiger partial charge in [0, 0.05) is 31.8 Å². The van der Waals surface area contributed by atoms with Gasteiger partial charge < -0.3 is 20.5 Å². The van der Waals surface area contributed by atoms with Gasteiger partial charge in [-0.1, -0.05) is 0 Å². The normalized spacial score (nSPS) is 10.2. The molecular weight excluding hydrogens is 274 g/mol. The van der Waals surface area contributed by atoms with E-state index in [1.165, 1.54) is 0 Å². The molecule has 0 aliphatic rings. The maximum absolute atomic E-state index is 11.5. The molecule has 0 atom stereocenters. The van der Waals surface area contributed by atoms with Crippen LogP contribution in [-0.4, -0.2) is 34.7 Å². The Bertz CT molecular complexity index is 477. The van der Waals surface area contributed by atoms with Crippen molar-refractivity contribution in [2.24, 2.45) is 0 Å². The third-order valence-electron chi connectivity index (χ3n) is 2.46. The van der Waals surface area contributed by atoms with Crippen molar-refractivity contribution in [1.29, 1.82) is 0 Å². The molecule has 0 aliphatic carbocycles. The predicted molar refractivity (Wildman–Crippen MR) is 77.1 cm³/mol. The largest absolute Gasteiger partial charge is 0.481 e. The van der Waals surface area contributed by atoms with Crippen molar-refractivity contribution in [1.82, 2.24) is 15.6 Å². The zero-order chi connectivity index (χ0) is 15.7. The first-order chi connectivity index (χ1) is 9.97. The van der Waals surface area contributed by atoms with E-state index >= 15 is 0 Å². The van der Waals surface area contributed by atoms with Gasteiger partial charge in [-0.15, -0.1) is 0 Å². The molecule has 0 fully saturated rings. The molecule has 116 valence electrons. The molecule has 0 spiro atoms. The number of carboxylic acid groups (broad SMARTS) is 1. The zero-order valence-electron chi connectivity index (χ0n) is 12.3. The van der Waals surface area contributed by atoms with Crippen molar-refractivity contribution in [2.75, 3.05) is 6.54 Å². The van der Waals surface area contributed by atoms with Gasteiger partial charge in [-0.05, 0) is 31.9 Å². The minimum Gasteiger partial charge on any atom is -0.481 e. The first-order valence-corrected chi connectivity index (χ1v) is 6.82. The van der Waals surface area contributed by atoms with E-state index in [0.717, 1.165) is 5.56 Å². The average molecular weight is 295 g/mol. The molecular formula is C14H21N3O4. The molecule has 21 heavy (non-hydrogen) atoms. The Morgan fingerprint density at radius 1 is 1.38 bits per heavy atom. The molecule has 0 saturated heterocycles. The van der Waals surface area contributed by atoms with Gasteiger partial charge in [0.05, 0.1) is 6.10 Å². The topological polar surface area (TPSA) is 101 Å². The van der Waals surface area contributed by atoms with Crippen molar-refractivity contribution in [2.45, 2.75) is 39.3 Å². The third kappa shape index (κ3) is 7.76. The van der Waals surface area contributed by atoms with E-state index in [-0.39, 0.29) is 18.6 Å². The van der Waals surface area contributed by atoms with Crippen LogP contribution in [0.15, 0.2) is 18.3 Å². The van der Waals surface area contributed by atoms with E-state index in [9.17, 15) is 9.59 Å². The maximum Gasteiger partial charge on any atom is 0.315 e. The van der Waals surface area contributed by atoms with E-state index in [1.807, 2.05) is 13.8 Å². The van der Waals surface area contributed by atoms with Crippen LogP contribution >= 0.6 is 0 Å². The summed E-state index contributed by atoms with van der Waals surface area (Å²) in [5, 5.41) is 13.8. The summed E-state index contributed by atoms with van der Waals surface area (Å²) < 4.78 is 5.47. The van der Waals surface area contributed by atoms with Crippen LogP contribution in [0.25, 0.3) is 0 Å². The number of rotatable bonds is 8. The van der Waals surface area contributed by atoms with Crippen LogP contribution in [0.3, 0.4) is 0 Å². The lowest BCUT2D eigenvalue weighted by atomic mass is 10.2. The van der Waals surface area contributed by atoms with Gasteiger partial charge >= 0.3 is 12.0 Å². The fourth-order valence-electron chi connectivity index (χ4n) is 1.55. The molecule has 1 rings (SSSR count). The van der Waals surface area contributed by atoms with Gasteiger partial charge in [0.15, 0.2) is 0 Å². The number of aliphatic carboxylic acids is 1. The van der Waals surface area contributed by atoms with Gasteiger partial charge in [0.2, 0.25) is 5.88 Å². The number of carboxylic acids is 1. The number of carbonyl (C=O) groups is 2. The van der Waals surface area contributed by atoms with Gasteiger partial charge in [-0.3, -0.25) is 4.79 Å². The number of amides is 2. The number of hydrogen-bond acceptors (Lipinski definition) is 4. The fourth-order valence-corrected chi connectivity index (χ4v) is 1.55. The summed E-state index contributed by atoms with van der Waals surface area (Å²) in [6.07, 6.45) is 2.11. The monoisotopic (exact) mass is 295 g/mol. The lowest BCUT2D eigenvalue weighted by molar-refractivity contribution is -0.137. The summed E-state index contributed by atoms with van der Waals surface area (Å²) in [7, 11) is 0. The van der Waals surface area contributed by atoms with Crippen LogP contribution < -0.4 is 15.4 Å². The second-order valence-electron chi connectivity index (χ2n) is 4.78. The van der Waals surface area contributed by atoms with Crippen LogP contribution in [0.1, 0.15) is 32.3 Å². The first-order valence-electron chi connectivity index (χ1n) is 6.82. The first kappa shape index (κ1) is 16.7. The van der Waals surface area contributed by atoms with Gasteiger partial charge in [-0.2, -0.15) is 0 Å². The van der Waals surface area contributed by atoms with Gasteiger partial charge in [0.25, 0.3) is 0 Å². The van der Waals surface area contributed by atoms with Gasteiger partial charge in [0.1, 0.15) is 0 Å². The quantitative estimate of drug-likeness (QED) is 0.631. The van der Waals surface area contributed by atoms with Crippen molar-refractivity contribution in [3.05, 3.63) is 23.9 Å². The lowest BCUT2D eigenvalue weighted by Crippen LogP contribution is -2.35. The maximum atomic E-state index is 11.5. The standard InChI is InChI=1S/C14H21N3O4/c1-10(2)21-12-8-11(5-7-15-12)9-17-14(20)16-6-3-4-13(18)19/h5,7-8,10H,3-4,6,9H2,1-2H3,(H,18,19)(H2,16,17,20). The Labute approximate surface area is 123 Å². The summed E-state index contributed by atoms with van der Waals surface area (Å²) >= 11 is 0. The van der Waals surface area contributed by atoms with E-state index in [0.29, 0.717) is 25.4 Å². The highest BCUT2D eigenvalue weighted by molar-refractivity contribution is 5.73. The molecule has 1 aromatic heterocycles. The van der Waals surface area contributed by atoms with E-state index in [2.05, 4.69) is 15.6 Å². The summed E-state index contributed by atoms with van der Waals surface area (Å²) in [5.74, 6) is -0.349. The average Bonchev–Trinajstić information content (AvgIpc) is 2.41. The fraction of sp³-hybridized carbons (Fsp3) is 0.500. The highest BCUT2D eigenvalue weighted by Gasteiger charge is 2.04. The Kier molecular flexibility index (Phi) is 7.00. The molecule has 7 nitrogen and oxygen atoms in total. The van der Waals surface area contributed by atoms with Crippen molar-refractivity contribution >= 4 is 12.0 Å². The Morgan fingerprint density at radius 2 is 2.14 bits per heavy atom. The summed E-state index contributed by atoms with van der Waals surface area (Å²) in [5.41, 5.74) is 0.876. The number of urea groups is 1. The summed E-state index contributed by atoms with van der Waals surface area (Å²) in [4.78, 5) is 25.9. The molecule has 0 aromatic carbocycles. The molecule has 7 heteroatoms. The lowest BCUT2D eigenvalue weighted by Gasteiger charge is -2.10. The SMILES string of the molecule is CC(C)Oc1cc(CNC(=O)NCCCC(=O)O)ccn1. The molecule has 0 saturated carbocycles. The minimum absolute atomic E-state index is 0.0400. The van der Waals surface area contributed by atoms with Crippen molar-refractivity contribution in [3.63, 3.8) is 0 Å². The Hall–Kier alpha value is -2.31. The summed E-state index contributed by atoms with van der Waals surface area (Å²) in [6.45, 7) is 4.51. The number of pyridine rings is 1. The second kappa shape index (κ2) is 8.78. The van der Waals surface area contributed by atoms with E-state index < -0.39 is 5.97 Å². The van der Waals surface area contributed by atoms with Crippen molar-refractivity contribution < 1.29 is 19.4 Å². The Balaban J connectivity index is 2.30. The number of aromatic nitrogens is 1. The number of ether oxygens (including phenoxy) is 1. The second-order valence-corrected chi connectivity index (χ2v) is 4.78. The van der Waals surface area contributed by atoms with Crippen LogP contribution in [0.5, 0.6) is 5.88 Å². The molecule has 2 amide bonds. The number of carbonyl (C=O) groups excluding carboxylic acids is 1. The molecule has 1 heterocycles. The predicted octanol–water partition coefficient (Wildman–Crippen LogP) is 1.53. The molecule has 3 N–H and O–H groups in total. The van der Waals surface area contributed by atoms with E-state index in [4.69, 9.17) is 9.84 Å². The molecule has 0 aliphatic heterocycles. The third-order valence-corrected chi connectivity index (χ3v) is 2.46. The molecule has 1 aromatic rings. The Morgan fingerprint density at radius 3 is 2.81 bits per heavy atom. The zero-order valence-corrected chi connectivity index (χ0v) is 12.3. The summed E-state index contributed by atoms with van der Waals surface area (Å²) in [6, 6.07) is 3.23. The number of hydrogen-bond donors (Lipinski definition) is 3.